The summed E-state index contributed by atoms with van der Waals surface area (Å²) in [6, 6.07) is 4.48. The van der Waals surface area contributed by atoms with Gasteiger partial charge in [-0.05, 0) is 25.1 Å². The number of halogens is 1. The van der Waals surface area contributed by atoms with Gasteiger partial charge in [-0.3, -0.25) is 9.59 Å². The van der Waals surface area contributed by atoms with Crippen molar-refractivity contribution >= 4 is 28.9 Å². The molecule has 0 saturated heterocycles. The molecule has 1 aliphatic carbocycles. The number of aliphatic hydroxyl groups excluding tert-OH is 1. The molecule has 1 N–H and O–H groups in total. The highest BCUT2D eigenvalue weighted by molar-refractivity contribution is 6.52. The molecule has 0 heterocycles. The second kappa shape index (κ2) is 3.21. The Morgan fingerprint density at radius 2 is 1.80 bits per heavy atom. The van der Waals surface area contributed by atoms with Gasteiger partial charge < -0.3 is 5.11 Å². The highest BCUT2D eigenvalue weighted by atomic mass is 35.5. The number of hydrogen-bond acceptors (Lipinski definition) is 3. The van der Waals surface area contributed by atoms with E-state index >= 15 is 0 Å². The summed E-state index contributed by atoms with van der Waals surface area (Å²) < 4.78 is 0. The van der Waals surface area contributed by atoms with E-state index in [0.29, 0.717) is 10.6 Å². The van der Waals surface area contributed by atoms with Crippen molar-refractivity contribution in [2.24, 2.45) is 0 Å². The van der Waals surface area contributed by atoms with Crippen molar-refractivity contribution in [3.63, 3.8) is 0 Å². The van der Waals surface area contributed by atoms with Crippen molar-refractivity contribution in [1.29, 1.82) is 0 Å². The second-order valence-electron chi connectivity index (χ2n) is 3.32. The van der Waals surface area contributed by atoms with Crippen molar-refractivity contribution in [2.75, 3.05) is 0 Å². The Hall–Kier alpha value is -1.61. The third-order valence-electron chi connectivity index (χ3n) is 2.38. The third-order valence-corrected chi connectivity index (χ3v) is 2.62. The molecule has 0 saturated carbocycles. The molecule has 2 rings (SSSR count). The maximum atomic E-state index is 11.6. The zero-order valence-electron chi connectivity index (χ0n) is 7.87. The molecule has 15 heavy (non-hydrogen) atoms. The Balaban J connectivity index is 2.78. The van der Waals surface area contributed by atoms with Crippen LogP contribution >= 0.6 is 11.6 Å². The Labute approximate surface area is 91.0 Å². The van der Waals surface area contributed by atoms with Crippen LogP contribution in [0.3, 0.4) is 0 Å². The fourth-order valence-corrected chi connectivity index (χ4v) is 1.69. The molecule has 1 aromatic carbocycles. The van der Waals surface area contributed by atoms with E-state index in [-0.39, 0.29) is 16.9 Å². The van der Waals surface area contributed by atoms with E-state index < -0.39 is 11.6 Å². The first kappa shape index (κ1) is 9.93. The molecule has 0 unspecified atom stereocenters. The summed E-state index contributed by atoms with van der Waals surface area (Å²) in [5.74, 6) is -1.45. The van der Waals surface area contributed by atoms with Crippen molar-refractivity contribution in [3.8, 4) is 0 Å². The first-order valence-corrected chi connectivity index (χ1v) is 4.69. The van der Waals surface area contributed by atoms with Crippen molar-refractivity contribution in [3.05, 3.63) is 39.9 Å². The van der Waals surface area contributed by atoms with Gasteiger partial charge in [-0.15, -0.1) is 0 Å². The van der Waals surface area contributed by atoms with Gasteiger partial charge >= 0.3 is 0 Å². The minimum atomic E-state index is -0.678. The SMILES string of the molecule is CC1=C(O)c2ccc(Cl)cc2C(=O)C1=O. The molecule has 0 spiro atoms. The predicted octanol–water partition coefficient (Wildman–Crippen LogP) is 2.39. The Morgan fingerprint density at radius 1 is 1.13 bits per heavy atom. The van der Waals surface area contributed by atoms with Crippen LogP contribution in [0.15, 0.2) is 23.8 Å². The smallest absolute Gasteiger partial charge is 0.234 e. The third kappa shape index (κ3) is 1.36. The highest BCUT2D eigenvalue weighted by Gasteiger charge is 2.30. The number of ketones is 2. The lowest BCUT2D eigenvalue weighted by Crippen LogP contribution is -2.22. The van der Waals surface area contributed by atoms with Crippen LogP contribution in [0, 0.1) is 0 Å². The van der Waals surface area contributed by atoms with Gasteiger partial charge in [0.15, 0.2) is 0 Å². The van der Waals surface area contributed by atoms with Crippen LogP contribution in [-0.2, 0) is 4.79 Å². The first-order chi connectivity index (χ1) is 7.02. The van der Waals surface area contributed by atoms with Crippen LogP contribution in [0.5, 0.6) is 0 Å². The van der Waals surface area contributed by atoms with E-state index in [0.717, 1.165) is 0 Å². The normalized spacial score (nSPS) is 15.6. The molecule has 76 valence electrons. The summed E-state index contributed by atoms with van der Waals surface area (Å²) in [4.78, 5) is 23.0. The molecule has 0 amide bonds. The van der Waals surface area contributed by atoms with Crippen LogP contribution in [0.25, 0.3) is 5.76 Å². The van der Waals surface area contributed by atoms with Gasteiger partial charge in [0, 0.05) is 21.7 Å². The largest absolute Gasteiger partial charge is 0.507 e. The summed E-state index contributed by atoms with van der Waals surface area (Å²) in [5, 5.41) is 10.0. The van der Waals surface area contributed by atoms with Crippen molar-refractivity contribution < 1.29 is 14.7 Å². The van der Waals surface area contributed by atoms with Gasteiger partial charge in [-0.1, -0.05) is 11.6 Å². The molecule has 0 fully saturated rings. The lowest BCUT2D eigenvalue weighted by atomic mass is 9.89. The number of aliphatic hydroxyl groups is 1. The average molecular weight is 223 g/mol. The zero-order valence-corrected chi connectivity index (χ0v) is 8.63. The maximum Gasteiger partial charge on any atom is 0.234 e. The predicted molar refractivity (Wildman–Crippen MR) is 56.0 cm³/mol. The molecule has 0 radical (unpaired) electrons. The van der Waals surface area contributed by atoms with Gasteiger partial charge in [-0.25, -0.2) is 0 Å². The Kier molecular flexibility index (Phi) is 2.12. The van der Waals surface area contributed by atoms with Gasteiger partial charge in [-0.2, -0.15) is 0 Å². The van der Waals surface area contributed by atoms with Gasteiger partial charge in [0.25, 0.3) is 0 Å². The number of allylic oxidation sites excluding steroid dienone is 1. The molecule has 1 aliphatic rings. The van der Waals surface area contributed by atoms with Crippen LogP contribution in [0.2, 0.25) is 5.02 Å². The van der Waals surface area contributed by atoms with Crippen LogP contribution in [0.4, 0.5) is 0 Å². The van der Waals surface area contributed by atoms with E-state index in [1.54, 1.807) is 6.07 Å². The van der Waals surface area contributed by atoms with Gasteiger partial charge in [0.1, 0.15) is 5.76 Å². The van der Waals surface area contributed by atoms with Crippen LogP contribution in [0.1, 0.15) is 22.8 Å². The number of rotatable bonds is 0. The monoisotopic (exact) mass is 222 g/mol. The summed E-state index contributed by atoms with van der Waals surface area (Å²) in [6.45, 7) is 1.42. The minimum absolute atomic E-state index is 0.0785. The summed E-state index contributed by atoms with van der Waals surface area (Å²) in [7, 11) is 0. The van der Waals surface area contributed by atoms with Gasteiger partial charge in [0.2, 0.25) is 11.6 Å². The Morgan fingerprint density at radius 3 is 2.47 bits per heavy atom. The number of benzene rings is 1. The van der Waals surface area contributed by atoms with Gasteiger partial charge in [0.05, 0.1) is 0 Å². The number of carbonyl (C=O) groups excluding carboxylic acids is 2. The van der Waals surface area contributed by atoms with Crippen molar-refractivity contribution in [2.45, 2.75) is 6.92 Å². The number of hydrogen-bond donors (Lipinski definition) is 1. The lowest BCUT2D eigenvalue weighted by Gasteiger charge is -2.15. The molecule has 4 heteroatoms. The van der Waals surface area contributed by atoms with Crippen LogP contribution in [-0.4, -0.2) is 16.7 Å². The molecule has 3 nitrogen and oxygen atoms in total. The second-order valence-corrected chi connectivity index (χ2v) is 3.76. The standard InChI is InChI=1S/C11H7ClO3/c1-5-9(13)7-3-2-6(12)4-8(7)11(15)10(5)14/h2-4,13H,1H3. The summed E-state index contributed by atoms with van der Waals surface area (Å²) in [6.07, 6.45) is 0. The lowest BCUT2D eigenvalue weighted by molar-refractivity contribution is -0.111. The average Bonchev–Trinajstić information content (AvgIpc) is 2.23. The van der Waals surface area contributed by atoms with Crippen molar-refractivity contribution in [1.82, 2.24) is 0 Å². The topological polar surface area (TPSA) is 54.4 Å². The van der Waals surface area contributed by atoms with Crippen LogP contribution < -0.4 is 0 Å². The zero-order chi connectivity index (χ0) is 11.2. The molecule has 0 aliphatic heterocycles. The quantitative estimate of drug-likeness (QED) is 0.686. The van der Waals surface area contributed by atoms with E-state index in [2.05, 4.69) is 0 Å². The van der Waals surface area contributed by atoms with E-state index in [1.807, 2.05) is 0 Å². The maximum absolute atomic E-state index is 11.6. The van der Waals surface area contributed by atoms with E-state index in [1.165, 1.54) is 19.1 Å². The molecule has 0 bridgehead atoms. The highest BCUT2D eigenvalue weighted by Crippen LogP contribution is 2.29. The van der Waals surface area contributed by atoms with E-state index in [9.17, 15) is 14.7 Å². The number of carbonyl (C=O) groups is 2. The molecule has 0 aromatic heterocycles. The molecule has 1 aromatic rings. The first-order valence-electron chi connectivity index (χ1n) is 4.31. The number of fused-ring (bicyclic) bond motifs is 1. The Bertz CT molecular complexity index is 515. The number of Topliss-reactive ketones (excluding diaryl/α,β-unsaturated/α-hetero) is 2. The van der Waals surface area contributed by atoms with E-state index in [4.69, 9.17) is 11.6 Å². The minimum Gasteiger partial charge on any atom is -0.507 e. The molecular weight excluding hydrogens is 216 g/mol. The summed E-state index contributed by atoms with van der Waals surface area (Å²) >= 11 is 5.71. The molecular formula is C11H7ClO3. The molecule has 0 atom stereocenters. The fourth-order valence-electron chi connectivity index (χ4n) is 1.51. The summed E-state index contributed by atoms with van der Waals surface area (Å²) in [5.41, 5.74) is 0.604. The fraction of sp³-hybridized carbons (Fsp3) is 0.0909.